The zero-order valence-electron chi connectivity index (χ0n) is 11.0. The number of aryl methyl sites for hydroxylation is 1. The molecule has 6 heteroatoms. The van der Waals surface area contributed by atoms with Crippen molar-refractivity contribution in [2.75, 3.05) is 5.32 Å². The van der Waals surface area contributed by atoms with Crippen molar-refractivity contribution in [2.24, 2.45) is 0 Å². The van der Waals surface area contributed by atoms with Gasteiger partial charge in [-0.2, -0.15) is 0 Å². The van der Waals surface area contributed by atoms with Gasteiger partial charge in [-0.1, -0.05) is 29.0 Å². The topological polar surface area (TPSA) is 42.0 Å². The van der Waals surface area contributed by atoms with Crippen molar-refractivity contribution in [1.82, 2.24) is 4.98 Å². The molecule has 0 aliphatic heterocycles. The molecule has 0 atom stereocenters. The Hall–Kier alpha value is -1.98. The van der Waals surface area contributed by atoms with Crippen molar-refractivity contribution in [2.45, 2.75) is 6.92 Å². The summed E-state index contributed by atoms with van der Waals surface area (Å²) in [5.41, 5.74) is 1.82. The van der Waals surface area contributed by atoms with Crippen molar-refractivity contribution in [3.63, 3.8) is 0 Å². The van der Waals surface area contributed by atoms with Gasteiger partial charge in [-0.25, -0.2) is 9.37 Å². The van der Waals surface area contributed by atoms with Crippen LogP contribution in [0.15, 0.2) is 36.4 Å². The second-order valence-electron chi connectivity index (χ2n) is 4.57. The Bertz CT molecular complexity index is 847. The van der Waals surface area contributed by atoms with Crippen molar-refractivity contribution >= 4 is 44.2 Å². The van der Waals surface area contributed by atoms with Gasteiger partial charge >= 0.3 is 0 Å². The van der Waals surface area contributed by atoms with Crippen molar-refractivity contribution in [3.8, 4) is 0 Å². The first-order valence-electron chi connectivity index (χ1n) is 6.16. The molecular weight excluding hydrogens is 311 g/mol. The van der Waals surface area contributed by atoms with Crippen LogP contribution in [0.5, 0.6) is 0 Å². The van der Waals surface area contributed by atoms with E-state index in [1.807, 2.05) is 25.1 Å². The maximum Gasteiger partial charge on any atom is 0.260 e. The maximum atomic E-state index is 13.6. The predicted molar refractivity (Wildman–Crippen MR) is 83.7 cm³/mol. The molecule has 0 radical (unpaired) electrons. The monoisotopic (exact) mass is 320 g/mol. The fraction of sp³-hybridized carbons (Fsp3) is 0.0667. The van der Waals surface area contributed by atoms with Crippen LogP contribution in [0.1, 0.15) is 15.9 Å². The summed E-state index contributed by atoms with van der Waals surface area (Å²) < 4.78 is 14.6. The van der Waals surface area contributed by atoms with Gasteiger partial charge in [-0.05, 0) is 42.8 Å². The third kappa shape index (κ3) is 2.89. The standard InChI is InChI=1S/C15H10ClFN2OS/c1-8-2-5-12-13(6-8)21-15(18-12)19-14(20)10-7-9(16)3-4-11(10)17/h2-7H,1H3,(H,18,19,20). The summed E-state index contributed by atoms with van der Waals surface area (Å²) in [6.45, 7) is 1.98. The van der Waals surface area contributed by atoms with Crippen LogP contribution in [-0.4, -0.2) is 10.9 Å². The smallest absolute Gasteiger partial charge is 0.260 e. The first kappa shape index (κ1) is 14.0. The summed E-state index contributed by atoms with van der Waals surface area (Å²) in [4.78, 5) is 16.4. The Balaban J connectivity index is 1.90. The molecule has 1 N–H and O–H groups in total. The molecule has 1 aromatic heterocycles. The number of hydrogen-bond donors (Lipinski definition) is 1. The summed E-state index contributed by atoms with van der Waals surface area (Å²) in [6, 6.07) is 9.68. The fourth-order valence-electron chi connectivity index (χ4n) is 1.92. The van der Waals surface area contributed by atoms with Gasteiger partial charge < -0.3 is 0 Å². The van der Waals surface area contributed by atoms with Gasteiger partial charge in [0.2, 0.25) is 0 Å². The van der Waals surface area contributed by atoms with Gasteiger partial charge in [-0.3, -0.25) is 10.1 Å². The molecule has 0 bridgehead atoms. The number of amides is 1. The molecular formula is C15H10ClFN2OS. The van der Waals surface area contributed by atoms with Gasteiger partial charge in [0.1, 0.15) is 5.82 Å². The van der Waals surface area contributed by atoms with E-state index >= 15 is 0 Å². The lowest BCUT2D eigenvalue weighted by Gasteiger charge is -2.03. The van der Waals surface area contributed by atoms with E-state index in [2.05, 4.69) is 10.3 Å². The second kappa shape index (κ2) is 5.42. The average Bonchev–Trinajstić information content (AvgIpc) is 2.82. The van der Waals surface area contributed by atoms with Crippen LogP contribution < -0.4 is 5.32 Å². The predicted octanol–water partition coefficient (Wildman–Crippen LogP) is 4.65. The molecule has 1 amide bonds. The number of thiazole rings is 1. The van der Waals surface area contributed by atoms with E-state index < -0.39 is 11.7 Å². The van der Waals surface area contributed by atoms with Crippen LogP contribution in [0, 0.1) is 12.7 Å². The molecule has 0 fully saturated rings. The summed E-state index contributed by atoms with van der Waals surface area (Å²) in [6.07, 6.45) is 0. The van der Waals surface area contributed by atoms with Crippen LogP contribution in [0.4, 0.5) is 9.52 Å². The molecule has 3 nitrogen and oxygen atoms in total. The zero-order chi connectivity index (χ0) is 15.0. The van der Waals surface area contributed by atoms with Gasteiger partial charge in [0.15, 0.2) is 5.13 Å². The Kier molecular flexibility index (Phi) is 3.61. The minimum atomic E-state index is -0.617. The van der Waals surface area contributed by atoms with Crippen molar-refractivity contribution in [3.05, 3.63) is 58.4 Å². The van der Waals surface area contributed by atoms with Crippen LogP contribution in [0.25, 0.3) is 10.2 Å². The highest BCUT2D eigenvalue weighted by Gasteiger charge is 2.14. The maximum absolute atomic E-state index is 13.6. The number of anilines is 1. The lowest BCUT2D eigenvalue weighted by molar-refractivity contribution is 0.102. The third-order valence-electron chi connectivity index (χ3n) is 2.94. The second-order valence-corrected chi connectivity index (χ2v) is 6.04. The first-order valence-corrected chi connectivity index (χ1v) is 7.36. The first-order chi connectivity index (χ1) is 10.0. The molecule has 0 aliphatic carbocycles. The third-order valence-corrected chi connectivity index (χ3v) is 4.11. The molecule has 0 saturated heterocycles. The number of carbonyl (C=O) groups excluding carboxylic acids is 1. The van der Waals surface area contributed by atoms with E-state index in [0.29, 0.717) is 10.2 Å². The number of hydrogen-bond acceptors (Lipinski definition) is 3. The van der Waals surface area contributed by atoms with Crippen molar-refractivity contribution < 1.29 is 9.18 Å². The summed E-state index contributed by atoms with van der Waals surface area (Å²) in [7, 11) is 0. The highest BCUT2D eigenvalue weighted by molar-refractivity contribution is 7.22. The summed E-state index contributed by atoms with van der Waals surface area (Å²) in [5.74, 6) is -1.18. The molecule has 2 aromatic carbocycles. The van der Waals surface area contributed by atoms with Crippen LogP contribution in [0.3, 0.4) is 0 Å². The number of carbonyl (C=O) groups is 1. The average molecular weight is 321 g/mol. The van der Waals surface area contributed by atoms with Crippen LogP contribution in [0.2, 0.25) is 5.02 Å². The van der Waals surface area contributed by atoms with E-state index in [-0.39, 0.29) is 5.56 Å². The van der Waals surface area contributed by atoms with E-state index in [4.69, 9.17) is 11.6 Å². The number of benzene rings is 2. The van der Waals surface area contributed by atoms with Gasteiger partial charge in [0, 0.05) is 5.02 Å². The molecule has 0 unspecified atom stereocenters. The number of halogens is 2. The summed E-state index contributed by atoms with van der Waals surface area (Å²) in [5, 5.41) is 3.34. The van der Waals surface area contributed by atoms with Gasteiger partial charge in [0.25, 0.3) is 5.91 Å². The number of rotatable bonds is 2. The van der Waals surface area contributed by atoms with Crippen LogP contribution >= 0.6 is 22.9 Å². The summed E-state index contributed by atoms with van der Waals surface area (Å²) >= 11 is 7.13. The van der Waals surface area contributed by atoms with E-state index in [1.165, 1.54) is 29.5 Å². The molecule has 3 aromatic rings. The normalized spacial score (nSPS) is 10.8. The Morgan fingerprint density at radius 1 is 1.29 bits per heavy atom. The molecule has 0 spiro atoms. The van der Waals surface area contributed by atoms with E-state index in [9.17, 15) is 9.18 Å². The Labute approximate surface area is 129 Å². The molecule has 1 heterocycles. The molecule has 106 valence electrons. The Morgan fingerprint density at radius 2 is 2.10 bits per heavy atom. The highest BCUT2D eigenvalue weighted by Crippen LogP contribution is 2.27. The van der Waals surface area contributed by atoms with E-state index in [0.717, 1.165) is 15.8 Å². The number of fused-ring (bicyclic) bond motifs is 1. The Morgan fingerprint density at radius 3 is 2.90 bits per heavy atom. The van der Waals surface area contributed by atoms with Gasteiger partial charge in [0.05, 0.1) is 15.8 Å². The van der Waals surface area contributed by atoms with Crippen molar-refractivity contribution in [1.29, 1.82) is 0 Å². The fourth-order valence-corrected chi connectivity index (χ4v) is 3.05. The van der Waals surface area contributed by atoms with Crippen LogP contribution in [-0.2, 0) is 0 Å². The quantitative estimate of drug-likeness (QED) is 0.746. The minimum Gasteiger partial charge on any atom is -0.298 e. The minimum absolute atomic E-state index is 0.0991. The lowest BCUT2D eigenvalue weighted by atomic mass is 10.2. The lowest BCUT2D eigenvalue weighted by Crippen LogP contribution is -2.13. The molecule has 0 aliphatic rings. The SMILES string of the molecule is Cc1ccc2nc(NC(=O)c3cc(Cl)ccc3F)sc2c1. The number of aromatic nitrogens is 1. The number of nitrogens with zero attached hydrogens (tertiary/aromatic N) is 1. The number of nitrogens with one attached hydrogen (secondary N) is 1. The largest absolute Gasteiger partial charge is 0.298 e. The molecule has 3 rings (SSSR count). The molecule has 21 heavy (non-hydrogen) atoms. The molecule has 0 saturated carbocycles. The van der Waals surface area contributed by atoms with E-state index in [1.54, 1.807) is 0 Å². The van der Waals surface area contributed by atoms with Gasteiger partial charge in [-0.15, -0.1) is 0 Å². The zero-order valence-corrected chi connectivity index (χ0v) is 12.6. The highest BCUT2D eigenvalue weighted by atomic mass is 35.5.